The van der Waals surface area contributed by atoms with Crippen LogP contribution < -0.4 is 5.73 Å². The van der Waals surface area contributed by atoms with Crippen LogP contribution in [0.1, 0.15) is 27.7 Å². The first-order valence-corrected chi connectivity index (χ1v) is 7.56. The van der Waals surface area contributed by atoms with Crippen LogP contribution in [0.5, 0.6) is 0 Å². The lowest BCUT2D eigenvalue weighted by Gasteiger charge is -2.41. The topological polar surface area (TPSA) is 116 Å². The van der Waals surface area contributed by atoms with Crippen molar-refractivity contribution in [3.8, 4) is 0 Å². The molecule has 2 unspecified atom stereocenters. The van der Waals surface area contributed by atoms with Gasteiger partial charge in [0.05, 0.1) is 24.7 Å². The minimum Gasteiger partial charge on any atom is -0.466 e. The number of esters is 1. The van der Waals surface area contributed by atoms with Crippen molar-refractivity contribution in [2.24, 2.45) is 11.1 Å². The Balaban J connectivity index is 2.69. The third kappa shape index (κ3) is 3.10. The van der Waals surface area contributed by atoms with Crippen LogP contribution in [0.4, 0.5) is 0 Å². The molecule has 1 amide bonds. The summed E-state index contributed by atoms with van der Waals surface area (Å²) in [4.78, 5) is 23.0. The number of amides is 1. The molecule has 0 spiro atoms. The molecule has 0 saturated carbocycles. The summed E-state index contributed by atoms with van der Waals surface area (Å²) >= 11 is 0. The van der Waals surface area contributed by atoms with Crippen molar-refractivity contribution in [2.75, 3.05) is 13.2 Å². The quantitative estimate of drug-likeness (QED) is 0.514. The van der Waals surface area contributed by atoms with Gasteiger partial charge in [0.1, 0.15) is 6.04 Å². The van der Waals surface area contributed by atoms with Crippen molar-refractivity contribution in [2.45, 2.75) is 39.8 Å². The molecule has 0 aromatic rings. The average molecular weight is 308 g/mol. The predicted molar refractivity (Wildman–Crippen MR) is 69.6 cm³/mol. The molecule has 1 heterocycles. The van der Waals surface area contributed by atoms with E-state index in [0.29, 0.717) is 4.31 Å². The summed E-state index contributed by atoms with van der Waals surface area (Å²) in [5.41, 5.74) is 4.30. The van der Waals surface area contributed by atoms with Crippen LogP contribution in [-0.4, -0.2) is 49.9 Å². The Labute approximate surface area is 118 Å². The standard InChI is InChI=1S/C11H20N2O6S/c1-5-18-10(15)11(3,4)6-19-20(16,17)13-7(2)8(12)9(13)14/h7-8H,5-6,12H2,1-4H3. The second kappa shape index (κ2) is 5.66. The Kier molecular flexibility index (Phi) is 4.78. The molecule has 1 aliphatic heterocycles. The maximum absolute atomic E-state index is 11.9. The number of carbonyl (C=O) groups is 2. The molecule has 116 valence electrons. The predicted octanol–water partition coefficient (Wildman–Crippen LogP) is -0.605. The van der Waals surface area contributed by atoms with Gasteiger partial charge in [-0.25, -0.2) is 4.31 Å². The van der Waals surface area contributed by atoms with Gasteiger partial charge in [-0.15, -0.1) is 0 Å². The lowest BCUT2D eigenvalue weighted by molar-refractivity contribution is -0.155. The molecule has 0 aromatic carbocycles. The van der Waals surface area contributed by atoms with E-state index >= 15 is 0 Å². The first-order valence-electron chi connectivity index (χ1n) is 6.20. The van der Waals surface area contributed by atoms with Gasteiger partial charge in [0.2, 0.25) is 0 Å². The zero-order valence-electron chi connectivity index (χ0n) is 12.0. The highest BCUT2D eigenvalue weighted by Gasteiger charge is 2.50. The van der Waals surface area contributed by atoms with E-state index in [1.165, 1.54) is 20.8 Å². The number of ether oxygens (including phenoxy) is 1. The van der Waals surface area contributed by atoms with Crippen molar-refractivity contribution in [3.63, 3.8) is 0 Å². The number of rotatable bonds is 6. The maximum Gasteiger partial charge on any atom is 0.365 e. The van der Waals surface area contributed by atoms with Gasteiger partial charge in [0.25, 0.3) is 5.91 Å². The van der Waals surface area contributed by atoms with Gasteiger partial charge >= 0.3 is 16.3 Å². The molecule has 1 aliphatic rings. The molecule has 2 N–H and O–H groups in total. The maximum atomic E-state index is 11.9. The third-order valence-corrected chi connectivity index (χ3v) is 4.44. The van der Waals surface area contributed by atoms with E-state index in [9.17, 15) is 18.0 Å². The molecule has 0 radical (unpaired) electrons. The highest BCUT2D eigenvalue weighted by molar-refractivity contribution is 7.85. The van der Waals surface area contributed by atoms with E-state index in [1.807, 2.05) is 0 Å². The average Bonchev–Trinajstić information content (AvgIpc) is 2.36. The molecule has 0 bridgehead atoms. The lowest BCUT2D eigenvalue weighted by Crippen LogP contribution is -2.69. The Morgan fingerprint density at radius 3 is 2.45 bits per heavy atom. The van der Waals surface area contributed by atoms with Crippen LogP contribution in [0, 0.1) is 5.41 Å². The molecule has 0 aliphatic carbocycles. The Bertz CT molecular complexity index is 501. The Morgan fingerprint density at radius 1 is 1.45 bits per heavy atom. The zero-order chi connectivity index (χ0) is 15.7. The molecule has 8 nitrogen and oxygen atoms in total. The zero-order valence-corrected chi connectivity index (χ0v) is 12.8. The molecule has 9 heteroatoms. The lowest BCUT2D eigenvalue weighted by atomic mass is 9.95. The Morgan fingerprint density at radius 2 is 2.00 bits per heavy atom. The molecule has 1 fully saturated rings. The van der Waals surface area contributed by atoms with Crippen molar-refractivity contribution >= 4 is 22.2 Å². The van der Waals surface area contributed by atoms with Gasteiger partial charge in [-0.2, -0.15) is 8.42 Å². The second-order valence-corrected chi connectivity index (χ2v) is 6.71. The summed E-state index contributed by atoms with van der Waals surface area (Å²) < 4.78 is 33.9. The number of nitrogens with zero attached hydrogens (tertiary/aromatic N) is 1. The van der Waals surface area contributed by atoms with Crippen LogP contribution >= 0.6 is 0 Å². The smallest absolute Gasteiger partial charge is 0.365 e. The number of hydrogen-bond donors (Lipinski definition) is 1. The minimum absolute atomic E-state index is 0.186. The third-order valence-electron chi connectivity index (χ3n) is 3.03. The summed E-state index contributed by atoms with van der Waals surface area (Å²) in [6, 6.07) is -1.50. The fraction of sp³-hybridized carbons (Fsp3) is 0.818. The summed E-state index contributed by atoms with van der Waals surface area (Å²) in [7, 11) is -4.24. The van der Waals surface area contributed by atoms with E-state index in [0.717, 1.165) is 0 Å². The van der Waals surface area contributed by atoms with Crippen molar-refractivity contribution < 1.29 is 26.9 Å². The van der Waals surface area contributed by atoms with E-state index < -0.39 is 46.3 Å². The summed E-state index contributed by atoms with van der Waals surface area (Å²) in [5, 5.41) is 0. The van der Waals surface area contributed by atoms with E-state index in [1.54, 1.807) is 6.92 Å². The highest BCUT2D eigenvalue weighted by atomic mass is 32.2. The summed E-state index contributed by atoms with van der Waals surface area (Å²) in [6.07, 6.45) is 0. The highest BCUT2D eigenvalue weighted by Crippen LogP contribution is 2.25. The van der Waals surface area contributed by atoms with Crippen LogP contribution in [0.15, 0.2) is 0 Å². The molecule has 2 atom stereocenters. The molecule has 0 aromatic heterocycles. The summed E-state index contributed by atoms with van der Waals surface area (Å²) in [6.45, 7) is 5.91. The van der Waals surface area contributed by atoms with Gasteiger partial charge in [-0.05, 0) is 27.7 Å². The first-order chi connectivity index (χ1) is 9.04. The number of β-lactam (4-membered cyclic amide) rings is 1. The van der Waals surface area contributed by atoms with Crippen molar-refractivity contribution in [1.29, 1.82) is 0 Å². The van der Waals surface area contributed by atoms with Gasteiger partial charge < -0.3 is 10.5 Å². The number of carbonyl (C=O) groups excluding carboxylic acids is 2. The van der Waals surface area contributed by atoms with Crippen LogP contribution in [0.25, 0.3) is 0 Å². The first kappa shape index (κ1) is 16.9. The van der Waals surface area contributed by atoms with E-state index in [4.69, 9.17) is 14.7 Å². The van der Waals surface area contributed by atoms with Crippen molar-refractivity contribution in [1.82, 2.24) is 4.31 Å². The molecule has 1 saturated heterocycles. The minimum atomic E-state index is -4.24. The van der Waals surface area contributed by atoms with Gasteiger partial charge in [-0.3, -0.25) is 13.8 Å². The molecule has 1 rings (SSSR count). The van der Waals surface area contributed by atoms with Gasteiger partial charge in [-0.1, -0.05) is 0 Å². The monoisotopic (exact) mass is 308 g/mol. The van der Waals surface area contributed by atoms with E-state index in [2.05, 4.69) is 0 Å². The second-order valence-electron chi connectivity index (χ2n) is 5.22. The molecule has 20 heavy (non-hydrogen) atoms. The fourth-order valence-electron chi connectivity index (χ4n) is 1.60. The largest absolute Gasteiger partial charge is 0.466 e. The van der Waals surface area contributed by atoms with Crippen LogP contribution in [0.3, 0.4) is 0 Å². The SMILES string of the molecule is CCOC(=O)C(C)(C)COS(=O)(=O)N1C(=O)C(N)C1C. The van der Waals surface area contributed by atoms with Crippen molar-refractivity contribution in [3.05, 3.63) is 0 Å². The summed E-state index contributed by atoms with van der Waals surface area (Å²) in [5.74, 6) is -1.29. The van der Waals surface area contributed by atoms with E-state index in [-0.39, 0.29) is 6.61 Å². The normalized spacial score (nSPS) is 23.4. The Hall–Kier alpha value is -1.19. The van der Waals surface area contributed by atoms with Crippen LogP contribution in [-0.2, 0) is 28.8 Å². The van der Waals surface area contributed by atoms with Crippen LogP contribution in [0.2, 0.25) is 0 Å². The fourth-order valence-corrected chi connectivity index (χ4v) is 3.03. The van der Waals surface area contributed by atoms with Gasteiger partial charge in [0, 0.05) is 0 Å². The van der Waals surface area contributed by atoms with Gasteiger partial charge in [0.15, 0.2) is 0 Å². The number of hydrogen-bond acceptors (Lipinski definition) is 7. The number of nitrogens with two attached hydrogens (primary N) is 1. The molecular formula is C11H20N2O6S. The molecular weight excluding hydrogens is 288 g/mol.